The Morgan fingerprint density at radius 1 is 1.40 bits per heavy atom. The highest BCUT2D eigenvalue weighted by Gasteiger charge is 2.17. The van der Waals surface area contributed by atoms with Crippen LogP contribution in [0.5, 0.6) is 0 Å². The van der Waals surface area contributed by atoms with Gasteiger partial charge in [-0.1, -0.05) is 6.07 Å². The number of benzene rings is 1. The van der Waals surface area contributed by atoms with Crippen LogP contribution in [0, 0.1) is 13.8 Å². The van der Waals surface area contributed by atoms with Crippen molar-refractivity contribution in [2.24, 2.45) is 16.5 Å². The smallest absolute Gasteiger partial charge is 0.196 e. The van der Waals surface area contributed by atoms with Gasteiger partial charge in [0.05, 0.1) is 24.1 Å². The van der Waals surface area contributed by atoms with Crippen molar-refractivity contribution in [3.8, 4) is 0 Å². The van der Waals surface area contributed by atoms with Crippen LogP contribution < -0.4 is 16.9 Å². The summed E-state index contributed by atoms with van der Waals surface area (Å²) >= 11 is 0. The Kier molecular flexibility index (Phi) is 6.12. The zero-order valence-electron chi connectivity index (χ0n) is 15.1. The predicted octanol–water partition coefficient (Wildman–Crippen LogP) is 2.45. The minimum Gasteiger partial charge on any atom is -0.455 e. The van der Waals surface area contributed by atoms with Gasteiger partial charge in [-0.15, -0.1) is 0 Å². The SMILES string of the molecule is COCCN=C/C(=C\N)c1oc2c(C(C)N)cc(C)cc2c(=O)c1C. The number of aryl methyl sites for hydroxylation is 1. The molecular weight excluding hydrogens is 318 g/mol. The van der Waals surface area contributed by atoms with Crippen molar-refractivity contribution in [1.29, 1.82) is 0 Å². The van der Waals surface area contributed by atoms with Crippen molar-refractivity contribution in [3.63, 3.8) is 0 Å². The summed E-state index contributed by atoms with van der Waals surface area (Å²) in [7, 11) is 1.61. The molecule has 0 aliphatic heterocycles. The summed E-state index contributed by atoms with van der Waals surface area (Å²) in [5.74, 6) is 0.409. The molecule has 1 aromatic heterocycles. The van der Waals surface area contributed by atoms with E-state index in [2.05, 4.69) is 4.99 Å². The van der Waals surface area contributed by atoms with Gasteiger partial charge in [-0.25, -0.2) is 0 Å². The van der Waals surface area contributed by atoms with E-state index in [1.807, 2.05) is 26.0 Å². The Bertz CT molecular complexity index is 880. The summed E-state index contributed by atoms with van der Waals surface area (Å²) in [6.45, 7) is 6.51. The summed E-state index contributed by atoms with van der Waals surface area (Å²) < 4.78 is 11.0. The number of fused-ring (bicyclic) bond motifs is 1. The molecule has 1 unspecified atom stereocenters. The van der Waals surface area contributed by atoms with E-state index in [-0.39, 0.29) is 11.5 Å². The second-order valence-electron chi connectivity index (χ2n) is 6.05. The second-order valence-corrected chi connectivity index (χ2v) is 6.05. The molecule has 0 amide bonds. The van der Waals surface area contributed by atoms with E-state index in [0.29, 0.717) is 41.0 Å². The Balaban J connectivity index is 2.67. The van der Waals surface area contributed by atoms with E-state index < -0.39 is 0 Å². The largest absolute Gasteiger partial charge is 0.455 e. The number of aliphatic imine (C=N–C) groups is 1. The maximum Gasteiger partial charge on any atom is 0.196 e. The molecule has 1 atom stereocenters. The Labute approximate surface area is 147 Å². The van der Waals surface area contributed by atoms with Crippen LogP contribution in [0.25, 0.3) is 16.5 Å². The van der Waals surface area contributed by atoms with Crippen LogP contribution in [0.15, 0.2) is 32.5 Å². The molecule has 2 rings (SSSR count). The third-order valence-corrected chi connectivity index (χ3v) is 3.98. The van der Waals surface area contributed by atoms with Crippen LogP contribution in [-0.4, -0.2) is 26.5 Å². The predicted molar refractivity (Wildman–Crippen MR) is 102 cm³/mol. The van der Waals surface area contributed by atoms with E-state index in [1.165, 1.54) is 6.20 Å². The molecule has 0 saturated heterocycles. The van der Waals surface area contributed by atoms with Gasteiger partial charge >= 0.3 is 0 Å². The molecule has 4 N–H and O–H groups in total. The topological polar surface area (TPSA) is 104 Å². The van der Waals surface area contributed by atoms with Gasteiger partial charge in [-0.05, 0) is 32.4 Å². The summed E-state index contributed by atoms with van der Waals surface area (Å²) in [6, 6.07) is 3.50. The molecule has 134 valence electrons. The Morgan fingerprint density at radius 2 is 2.12 bits per heavy atom. The summed E-state index contributed by atoms with van der Waals surface area (Å²) in [4.78, 5) is 17.1. The normalized spacial score (nSPS) is 13.7. The molecule has 0 spiro atoms. The van der Waals surface area contributed by atoms with Gasteiger partial charge in [0, 0.05) is 36.7 Å². The van der Waals surface area contributed by atoms with E-state index in [9.17, 15) is 4.79 Å². The minimum absolute atomic E-state index is 0.0912. The molecule has 0 aliphatic carbocycles. The molecular formula is C19H25N3O3. The molecule has 0 radical (unpaired) electrons. The molecule has 1 aromatic carbocycles. The quantitative estimate of drug-likeness (QED) is 0.619. The third-order valence-electron chi connectivity index (χ3n) is 3.98. The van der Waals surface area contributed by atoms with Crippen molar-refractivity contribution in [3.05, 3.63) is 51.0 Å². The Morgan fingerprint density at radius 3 is 2.72 bits per heavy atom. The first-order valence-corrected chi connectivity index (χ1v) is 8.15. The zero-order chi connectivity index (χ0) is 18.6. The number of allylic oxidation sites excluding steroid dienone is 1. The molecule has 25 heavy (non-hydrogen) atoms. The second kappa shape index (κ2) is 8.09. The lowest BCUT2D eigenvalue weighted by molar-refractivity contribution is 0.208. The van der Waals surface area contributed by atoms with Crippen molar-refractivity contribution in [2.45, 2.75) is 26.8 Å². The average Bonchev–Trinajstić information content (AvgIpc) is 2.58. The van der Waals surface area contributed by atoms with E-state index in [0.717, 1.165) is 11.1 Å². The maximum absolute atomic E-state index is 12.8. The van der Waals surface area contributed by atoms with Gasteiger partial charge in [0.15, 0.2) is 5.43 Å². The number of ether oxygens (including phenoxy) is 1. The van der Waals surface area contributed by atoms with Crippen molar-refractivity contribution in [1.82, 2.24) is 0 Å². The van der Waals surface area contributed by atoms with Crippen molar-refractivity contribution < 1.29 is 9.15 Å². The fraction of sp³-hybridized carbons (Fsp3) is 0.368. The van der Waals surface area contributed by atoms with E-state index in [4.69, 9.17) is 20.6 Å². The van der Waals surface area contributed by atoms with Crippen LogP contribution in [0.4, 0.5) is 0 Å². The number of nitrogens with zero attached hydrogens (tertiary/aromatic N) is 1. The van der Waals surface area contributed by atoms with Crippen LogP contribution in [0.2, 0.25) is 0 Å². The van der Waals surface area contributed by atoms with Gasteiger partial charge in [-0.3, -0.25) is 9.79 Å². The molecule has 0 saturated carbocycles. The van der Waals surface area contributed by atoms with Gasteiger partial charge in [-0.2, -0.15) is 0 Å². The summed E-state index contributed by atoms with van der Waals surface area (Å²) in [5.41, 5.74) is 15.0. The first kappa shape index (κ1) is 18.9. The molecule has 1 heterocycles. The highest BCUT2D eigenvalue weighted by atomic mass is 16.5. The molecule has 2 aromatic rings. The molecule has 6 heteroatoms. The maximum atomic E-state index is 12.8. The van der Waals surface area contributed by atoms with Crippen molar-refractivity contribution in [2.75, 3.05) is 20.3 Å². The summed E-state index contributed by atoms with van der Waals surface area (Å²) in [5, 5.41) is 0.529. The Hall–Kier alpha value is -2.44. The van der Waals surface area contributed by atoms with Gasteiger partial charge < -0.3 is 20.6 Å². The fourth-order valence-electron chi connectivity index (χ4n) is 2.67. The standard InChI is InChI=1S/C19H25N3O3/c1-11-7-15(13(3)21)19-16(8-11)17(23)12(2)18(25-19)14(9-20)10-22-5-6-24-4/h7-10,13H,5-6,20-21H2,1-4H3/b14-9+,22-10?. The number of methoxy groups -OCH3 is 1. The van der Waals surface area contributed by atoms with E-state index in [1.54, 1.807) is 20.2 Å². The minimum atomic E-state index is -0.262. The van der Waals surface area contributed by atoms with Gasteiger partial charge in [0.25, 0.3) is 0 Å². The first-order valence-electron chi connectivity index (χ1n) is 8.15. The van der Waals surface area contributed by atoms with E-state index >= 15 is 0 Å². The summed E-state index contributed by atoms with van der Waals surface area (Å²) in [6.07, 6.45) is 2.98. The lowest BCUT2D eigenvalue weighted by Crippen LogP contribution is -2.13. The molecule has 0 bridgehead atoms. The van der Waals surface area contributed by atoms with Crippen molar-refractivity contribution >= 4 is 22.8 Å². The van der Waals surface area contributed by atoms with Crippen LogP contribution in [-0.2, 0) is 4.74 Å². The number of hydrogen-bond acceptors (Lipinski definition) is 6. The number of nitrogens with two attached hydrogens (primary N) is 2. The molecule has 6 nitrogen and oxygen atoms in total. The van der Waals surface area contributed by atoms with Gasteiger partial charge in [0.2, 0.25) is 0 Å². The van der Waals surface area contributed by atoms with Gasteiger partial charge in [0.1, 0.15) is 11.3 Å². The monoisotopic (exact) mass is 343 g/mol. The fourth-order valence-corrected chi connectivity index (χ4v) is 2.67. The lowest BCUT2D eigenvalue weighted by Gasteiger charge is -2.13. The van der Waals surface area contributed by atoms with Crippen LogP contribution >= 0.6 is 0 Å². The molecule has 0 fully saturated rings. The number of rotatable bonds is 6. The number of hydrogen-bond donors (Lipinski definition) is 2. The highest BCUT2D eigenvalue weighted by Crippen LogP contribution is 2.27. The van der Waals surface area contributed by atoms with Crippen LogP contribution in [0.1, 0.15) is 35.4 Å². The molecule has 0 aliphatic rings. The third kappa shape index (κ3) is 3.97. The lowest BCUT2D eigenvalue weighted by atomic mass is 9.99. The average molecular weight is 343 g/mol. The zero-order valence-corrected chi connectivity index (χ0v) is 15.1. The van der Waals surface area contributed by atoms with Crippen LogP contribution in [0.3, 0.4) is 0 Å². The first-order chi connectivity index (χ1) is 11.9. The highest BCUT2D eigenvalue weighted by molar-refractivity contribution is 6.09.